The quantitative estimate of drug-likeness (QED) is 0.173. The Hall–Kier alpha value is 0.524. The van der Waals surface area contributed by atoms with Crippen LogP contribution in [-0.4, -0.2) is 120 Å². The summed E-state index contributed by atoms with van der Waals surface area (Å²) in [6.07, 6.45) is 0. The molecule has 0 aromatic heterocycles. The summed E-state index contributed by atoms with van der Waals surface area (Å²) in [5.74, 6) is 0. The van der Waals surface area contributed by atoms with E-state index < -0.39 is 50.0 Å². The van der Waals surface area contributed by atoms with Crippen LogP contribution in [-0.2, 0) is 0 Å². The van der Waals surface area contributed by atoms with E-state index in [0.29, 0.717) is 0 Å². The van der Waals surface area contributed by atoms with E-state index in [2.05, 4.69) is 0 Å². The smallest absolute Gasteiger partial charge is 0.299 e. The van der Waals surface area contributed by atoms with E-state index in [1.165, 1.54) is 0 Å². The van der Waals surface area contributed by atoms with Gasteiger partial charge in [0, 0.05) is 0 Å². The first-order valence-corrected chi connectivity index (χ1v) is 9.49. The molecule has 0 atom stereocenters. The summed E-state index contributed by atoms with van der Waals surface area (Å²) in [4.78, 5) is 72.6. The fraction of sp³-hybridized carbons (Fsp3) is 0. The summed E-state index contributed by atoms with van der Waals surface area (Å²) >= 11 is 0. The van der Waals surface area contributed by atoms with Gasteiger partial charge in [-0.05, 0) is 0 Å². The van der Waals surface area contributed by atoms with Gasteiger partial charge in [0.1, 0.15) is 0 Å². The van der Waals surface area contributed by atoms with Crippen LogP contribution < -0.4 is 0 Å². The van der Waals surface area contributed by atoms with Crippen molar-refractivity contribution >= 4 is 50.0 Å². The highest BCUT2D eigenvalue weighted by Gasteiger charge is 1.41. The molecule has 0 spiro atoms. The molecule has 0 aromatic rings. The lowest BCUT2D eigenvalue weighted by molar-refractivity contribution is 0.447. The molecular formula is H28O14Si5. The third-order valence-electron chi connectivity index (χ3n) is 0. The van der Waals surface area contributed by atoms with Crippen molar-refractivity contribution in [1.82, 2.24) is 0 Å². The lowest BCUT2D eigenvalue weighted by Crippen LogP contribution is -1.75. The van der Waals surface area contributed by atoms with Gasteiger partial charge in [-0.15, -0.1) is 0 Å². The topological polar surface area (TPSA) is 328 Å². The van der Waals surface area contributed by atoms with Crippen molar-refractivity contribution in [2.24, 2.45) is 0 Å². The SMILES string of the molecule is O.O.O.O.O[SiH2]O.O[SiH2]O.O[SiH2]O.O[SiH2]O.O[SiH2]O. The van der Waals surface area contributed by atoms with Crippen molar-refractivity contribution in [2.75, 3.05) is 0 Å². The molecular weight excluding hydrogens is 364 g/mol. The summed E-state index contributed by atoms with van der Waals surface area (Å²) in [7, 11) is -7.92. The summed E-state index contributed by atoms with van der Waals surface area (Å²) in [6.45, 7) is 0. The molecule has 0 amide bonds. The zero-order chi connectivity index (χ0) is 13.5. The molecule has 0 radical (unpaired) electrons. The van der Waals surface area contributed by atoms with Crippen molar-refractivity contribution in [3.05, 3.63) is 0 Å². The Bertz CT molecular complexity index is 27.4. The van der Waals surface area contributed by atoms with Crippen molar-refractivity contribution in [3.8, 4) is 0 Å². The minimum absolute atomic E-state index is 0. The monoisotopic (exact) mass is 392 g/mol. The zero-order valence-corrected chi connectivity index (χ0v) is 17.1. The Balaban J connectivity index is -0.00000000893. The maximum Gasteiger partial charge on any atom is 0.299 e. The van der Waals surface area contributed by atoms with Gasteiger partial charge in [0.15, 0.2) is 0 Å². The molecule has 0 aliphatic carbocycles. The molecule has 18 N–H and O–H groups in total. The normalized spacial score (nSPS) is 4.74. The first kappa shape index (κ1) is 60.5. The first-order chi connectivity index (χ1) is 7.07. The zero-order valence-electron chi connectivity index (χ0n) is 10.0. The standard InChI is InChI=1S/5H4O2Si.4H2O/c5*1-3-2;;;;/h5*1-2H,3H2;4*1H2. The summed E-state index contributed by atoms with van der Waals surface area (Å²) in [6, 6.07) is 0. The first-order valence-electron chi connectivity index (χ1n) is 3.16. The second-order valence-corrected chi connectivity index (χ2v) is 2.12. The molecule has 0 aliphatic heterocycles. The van der Waals surface area contributed by atoms with Gasteiger partial charge < -0.3 is 69.9 Å². The highest BCUT2D eigenvalue weighted by atomic mass is 28.3. The lowest BCUT2D eigenvalue weighted by Gasteiger charge is -1.52. The Morgan fingerprint density at radius 1 is 0.263 bits per heavy atom. The molecule has 0 rings (SSSR count). The summed E-state index contributed by atoms with van der Waals surface area (Å²) in [5.41, 5.74) is 0. The second-order valence-electron chi connectivity index (χ2n) is 0.707. The lowest BCUT2D eigenvalue weighted by atomic mass is 15.8. The Labute approximate surface area is 120 Å². The van der Waals surface area contributed by atoms with Crippen LogP contribution in [0.3, 0.4) is 0 Å². The molecule has 0 bridgehead atoms. The van der Waals surface area contributed by atoms with Crippen molar-refractivity contribution in [1.29, 1.82) is 0 Å². The van der Waals surface area contributed by atoms with Gasteiger partial charge >= 0.3 is 0 Å². The van der Waals surface area contributed by atoms with Gasteiger partial charge in [-0.1, -0.05) is 0 Å². The van der Waals surface area contributed by atoms with Crippen LogP contribution in [0, 0.1) is 0 Å². The highest BCUT2D eigenvalue weighted by Crippen LogP contribution is 1.09. The molecule has 0 saturated carbocycles. The number of hydrogen-bond acceptors (Lipinski definition) is 10. The maximum absolute atomic E-state index is 7.26. The molecule has 132 valence electrons. The maximum atomic E-state index is 7.26. The molecule has 0 saturated heterocycles. The van der Waals surface area contributed by atoms with Crippen LogP contribution in [0.1, 0.15) is 0 Å². The van der Waals surface area contributed by atoms with E-state index in [1.807, 2.05) is 0 Å². The minimum atomic E-state index is -1.58. The predicted molar refractivity (Wildman–Crippen MR) is 79.4 cm³/mol. The number of hydrogen-bond donors (Lipinski definition) is 10. The van der Waals surface area contributed by atoms with Crippen molar-refractivity contribution in [3.63, 3.8) is 0 Å². The van der Waals surface area contributed by atoms with Gasteiger partial charge in [-0.25, -0.2) is 0 Å². The third-order valence-corrected chi connectivity index (χ3v) is 0. The molecule has 19 heteroatoms. The fourth-order valence-electron chi connectivity index (χ4n) is 0. The van der Waals surface area contributed by atoms with Gasteiger partial charge in [0.2, 0.25) is 0 Å². The molecule has 0 aromatic carbocycles. The van der Waals surface area contributed by atoms with Crippen LogP contribution in [0.25, 0.3) is 0 Å². The Kier molecular flexibility index (Phi) is 593. The van der Waals surface area contributed by atoms with E-state index in [9.17, 15) is 0 Å². The largest absolute Gasteiger partial charge is 0.415 e. The van der Waals surface area contributed by atoms with Gasteiger partial charge in [0.25, 0.3) is 50.0 Å². The van der Waals surface area contributed by atoms with E-state index in [0.717, 1.165) is 0 Å². The molecule has 14 nitrogen and oxygen atoms in total. The summed E-state index contributed by atoms with van der Waals surface area (Å²) < 4.78 is 0. The van der Waals surface area contributed by atoms with E-state index in [1.54, 1.807) is 0 Å². The number of rotatable bonds is 0. The Morgan fingerprint density at radius 2 is 0.263 bits per heavy atom. The van der Waals surface area contributed by atoms with Gasteiger partial charge in [-0.2, -0.15) is 0 Å². The van der Waals surface area contributed by atoms with Crippen LogP contribution in [0.15, 0.2) is 0 Å². The fourth-order valence-corrected chi connectivity index (χ4v) is 0. The molecule has 0 heterocycles. The second kappa shape index (κ2) is 186. The average Bonchev–Trinajstić information content (AvgIpc) is 2.09. The third kappa shape index (κ3) is 18400. The Morgan fingerprint density at radius 3 is 0.263 bits per heavy atom. The predicted octanol–water partition coefficient (Wildman–Crippen LogP) is -13.4. The molecule has 19 heavy (non-hydrogen) atoms. The van der Waals surface area contributed by atoms with Crippen LogP contribution >= 0.6 is 0 Å². The van der Waals surface area contributed by atoms with Gasteiger partial charge in [-0.3, -0.25) is 0 Å². The van der Waals surface area contributed by atoms with E-state index >= 15 is 0 Å². The van der Waals surface area contributed by atoms with Gasteiger partial charge in [0.05, 0.1) is 0 Å². The summed E-state index contributed by atoms with van der Waals surface area (Å²) in [5, 5.41) is 0. The average molecular weight is 393 g/mol. The van der Waals surface area contributed by atoms with E-state index in [-0.39, 0.29) is 21.9 Å². The van der Waals surface area contributed by atoms with Crippen molar-refractivity contribution < 1.29 is 69.9 Å². The van der Waals surface area contributed by atoms with Crippen molar-refractivity contribution in [2.45, 2.75) is 0 Å². The minimum Gasteiger partial charge on any atom is -0.415 e. The van der Waals surface area contributed by atoms with E-state index in [4.69, 9.17) is 48.0 Å². The molecule has 0 aliphatic rings. The van der Waals surface area contributed by atoms with Crippen LogP contribution in [0.5, 0.6) is 0 Å². The van der Waals surface area contributed by atoms with Crippen LogP contribution in [0.2, 0.25) is 0 Å². The highest BCUT2D eigenvalue weighted by molar-refractivity contribution is 6.14. The van der Waals surface area contributed by atoms with Crippen LogP contribution in [0.4, 0.5) is 0 Å². The molecule has 0 unspecified atom stereocenters. The molecule has 0 fully saturated rings.